The number of rotatable bonds is 7. The summed E-state index contributed by atoms with van der Waals surface area (Å²) in [7, 11) is 1.65. The molecule has 0 aliphatic carbocycles. The number of hydrogen-bond acceptors (Lipinski definition) is 5. The molecule has 28 heavy (non-hydrogen) atoms. The topological polar surface area (TPSA) is 41.9 Å². The third-order valence-electron chi connectivity index (χ3n) is 4.39. The number of nitrogens with zero attached hydrogens (tertiary/aromatic N) is 2. The lowest BCUT2D eigenvalue weighted by atomic mass is 10.2. The molecule has 3 rings (SSSR count). The predicted octanol–water partition coefficient (Wildman–Crippen LogP) is 5.53. The van der Waals surface area contributed by atoms with Gasteiger partial charge in [-0.3, -0.25) is 9.69 Å². The van der Waals surface area contributed by atoms with Gasteiger partial charge in [-0.25, -0.2) is 4.99 Å². The third kappa shape index (κ3) is 5.79. The van der Waals surface area contributed by atoms with Crippen molar-refractivity contribution in [1.82, 2.24) is 4.90 Å². The highest BCUT2D eigenvalue weighted by atomic mass is 32.2. The molecule has 1 heterocycles. The first kappa shape index (κ1) is 20.8. The van der Waals surface area contributed by atoms with E-state index in [-0.39, 0.29) is 5.91 Å². The number of aliphatic imine (C=N–C) groups is 1. The fourth-order valence-corrected chi connectivity index (χ4v) is 4.78. The predicted molar refractivity (Wildman–Crippen MR) is 120 cm³/mol. The van der Waals surface area contributed by atoms with Crippen molar-refractivity contribution >= 4 is 40.3 Å². The Morgan fingerprint density at radius 1 is 1.25 bits per heavy atom. The summed E-state index contributed by atoms with van der Waals surface area (Å²) in [6.45, 7) is 2.77. The van der Waals surface area contributed by atoms with Gasteiger partial charge in [-0.1, -0.05) is 36.0 Å². The number of methoxy groups -OCH3 is 1. The van der Waals surface area contributed by atoms with Gasteiger partial charge in [0.15, 0.2) is 5.17 Å². The lowest BCUT2D eigenvalue weighted by molar-refractivity contribution is -0.127. The van der Waals surface area contributed by atoms with Gasteiger partial charge < -0.3 is 4.74 Å². The van der Waals surface area contributed by atoms with Crippen molar-refractivity contribution in [3.8, 4) is 5.75 Å². The van der Waals surface area contributed by atoms with Gasteiger partial charge in [0.25, 0.3) is 0 Å². The van der Waals surface area contributed by atoms with Gasteiger partial charge in [0.2, 0.25) is 5.91 Å². The molecule has 0 N–H and O–H groups in total. The SMILES string of the molecule is COc1ccc(C)cc1N=C1SCCCN1C(=O)CCCSc1ccccc1. The van der Waals surface area contributed by atoms with Gasteiger partial charge in [-0.15, -0.1) is 11.8 Å². The molecule has 1 aliphatic heterocycles. The summed E-state index contributed by atoms with van der Waals surface area (Å²) in [5, 5.41) is 0.788. The summed E-state index contributed by atoms with van der Waals surface area (Å²) in [5.74, 6) is 2.82. The molecule has 2 aromatic rings. The number of amidine groups is 1. The summed E-state index contributed by atoms with van der Waals surface area (Å²) in [4.78, 5) is 20.7. The number of carbonyl (C=O) groups excluding carboxylic acids is 1. The van der Waals surface area contributed by atoms with Crippen molar-refractivity contribution in [3.05, 3.63) is 54.1 Å². The van der Waals surface area contributed by atoms with E-state index in [9.17, 15) is 4.79 Å². The standard InChI is InChI=1S/C22H26N2O2S2/c1-17-11-12-20(26-2)19(16-17)23-22-24(13-7-15-28-22)21(25)10-6-14-27-18-8-4-3-5-9-18/h3-5,8-9,11-12,16H,6-7,10,13-15H2,1-2H3. The van der Waals surface area contributed by atoms with Crippen LogP contribution < -0.4 is 4.74 Å². The van der Waals surface area contributed by atoms with Crippen LogP contribution >= 0.6 is 23.5 Å². The van der Waals surface area contributed by atoms with E-state index in [0.717, 1.165) is 53.1 Å². The molecule has 0 unspecified atom stereocenters. The average molecular weight is 415 g/mol. The van der Waals surface area contributed by atoms with Crippen LogP contribution in [0.1, 0.15) is 24.8 Å². The van der Waals surface area contributed by atoms with E-state index in [1.807, 2.05) is 48.2 Å². The van der Waals surface area contributed by atoms with Gasteiger partial charge in [0.05, 0.1) is 7.11 Å². The largest absolute Gasteiger partial charge is 0.494 e. The van der Waals surface area contributed by atoms with E-state index in [4.69, 9.17) is 9.73 Å². The Hall–Kier alpha value is -1.92. The highest BCUT2D eigenvalue weighted by Gasteiger charge is 2.23. The van der Waals surface area contributed by atoms with Crippen LogP contribution in [0.15, 0.2) is 58.4 Å². The summed E-state index contributed by atoms with van der Waals surface area (Å²) < 4.78 is 5.44. The van der Waals surface area contributed by atoms with E-state index >= 15 is 0 Å². The fourth-order valence-electron chi connectivity index (χ4n) is 2.94. The van der Waals surface area contributed by atoms with Crippen molar-refractivity contribution in [2.24, 2.45) is 4.99 Å². The lowest BCUT2D eigenvalue weighted by Gasteiger charge is -2.28. The number of benzene rings is 2. The van der Waals surface area contributed by atoms with E-state index in [1.54, 1.807) is 30.6 Å². The molecule has 0 aromatic heterocycles. The lowest BCUT2D eigenvalue weighted by Crippen LogP contribution is -2.39. The van der Waals surface area contributed by atoms with Crippen LogP contribution in [0.4, 0.5) is 5.69 Å². The molecule has 4 nitrogen and oxygen atoms in total. The van der Waals surface area contributed by atoms with Crippen LogP contribution in [-0.2, 0) is 4.79 Å². The molecule has 1 amide bonds. The Morgan fingerprint density at radius 2 is 2.07 bits per heavy atom. The number of ether oxygens (including phenoxy) is 1. The normalized spacial score (nSPS) is 15.6. The van der Waals surface area contributed by atoms with Crippen LogP contribution in [0.2, 0.25) is 0 Å². The Bertz CT molecular complexity index is 825. The molecule has 6 heteroatoms. The quantitative estimate of drug-likeness (QED) is 0.441. The summed E-state index contributed by atoms with van der Waals surface area (Å²) in [6, 6.07) is 16.2. The molecule has 1 fully saturated rings. The minimum atomic E-state index is 0.159. The minimum Gasteiger partial charge on any atom is -0.494 e. The van der Waals surface area contributed by atoms with E-state index in [1.165, 1.54) is 4.90 Å². The molecule has 0 spiro atoms. The first-order valence-electron chi connectivity index (χ1n) is 9.52. The summed E-state index contributed by atoms with van der Waals surface area (Å²) in [6.07, 6.45) is 2.41. The van der Waals surface area contributed by atoms with Crippen LogP contribution in [0, 0.1) is 6.92 Å². The van der Waals surface area contributed by atoms with Crippen LogP contribution in [-0.4, -0.2) is 41.1 Å². The Balaban J connectivity index is 1.62. The van der Waals surface area contributed by atoms with Gasteiger partial charge in [-0.2, -0.15) is 0 Å². The van der Waals surface area contributed by atoms with E-state index < -0.39 is 0 Å². The van der Waals surface area contributed by atoms with E-state index in [0.29, 0.717) is 6.42 Å². The second-order valence-electron chi connectivity index (χ2n) is 6.58. The van der Waals surface area contributed by atoms with Gasteiger partial charge in [0, 0.05) is 23.6 Å². The van der Waals surface area contributed by atoms with Crippen LogP contribution in [0.5, 0.6) is 5.75 Å². The fraction of sp³-hybridized carbons (Fsp3) is 0.364. The minimum absolute atomic E-state index is 0.159. The monoisotopic (exact) mass is 414 g/mol. The molecule has 0 saturated carbocycles. The zero-order valence-corrected chi connectivity index (χ0v) is 18.0. The molecule has 0 bridgehead atoms. The first-order valence-corrected chi connectivity index (χ1v) is 11.5. The Labute approximate surface area is 175 Å². The van der Waals surface area contributed by atoms with Crippen molar-refractivity contribution in [3.63, 3.8) is 0 Å². The van der Waals surface area contributed by atoms with Crippen LogP contribution in [0.25, 0.3) is 0 Å². The van der Waals surface area contributed by atoms with Crippen molar-refractivity contribution in [2.75, 3.05) is 25.2 Å². The average Bonchev–Trinajstić information content (AvgIpc) is 2.72. The Morgan fingerprint density at radius 3 is 2.86 bits per heavy atom. The second kappa shape index (κ2) is 10.6. The number of amides is 1. The number of aryl methyl sites for hydroxylation is 1. The van der Waals surface area contributed by atoms with Gasteiger partial charge in [0.1, 0.15) is 11.4 Å². The van der Waals surface area contributed by atoms with Gasteiger partial charge in [-0.05, 0) is 55.3 Å². The van der Waals surface area contributed by atoms with Gasteiger partial charge >= 0.3 is 0 Å². The number of thioether (sulfide) groups is 2. The highest BCUT2D eigenvalue weighted by molar-refractivity contribution is 8.13. The number of carbonyl (C=O) groups is 1. The maximum Gasteiger partial charge on any atom is 0.228 e. The molecular weight excluding hydrogens is 388 g/mol. The maximum absolute atomic E-state index is 12.8. The number of hydrogen-bond donors (Lipinski definition) is 0. The van der Waals surface area contributed by atoms with Crippen LogP contribution in [0.3, 0.4) is 0 Å². The molecule has 2 aromatic carbocycles. The second-order valence-corrected chi connectivity index (χ2v) is 8.81. The summed E-state index contributed by atoms with van der Waals surface area (Å²) in [5.41, 5.74) is 1.90. The molecule has 1 aliphatic rings. The van der Waals surface area contributed by atoms with Crippen molar-refractivity contribution in [1.29, 1.82) is 0 Å². The van der Waals surface area contributed by atoms with E-state index in [2.05, 4.69) is 12.1 Å². The molecule has 148 valence electrons. The highest BCUT2D eigenvalue weighted by Crippen LogP contribution is 2.31. The first-order chi connectivity index (χ1) is 13.7. The molecule has 0 atom stereocenters. The molecular formula is C22H26N2O2S2. The Kier molecular flexibility index (Phi) is 7.86. The summed E-state index contributed by atoms with van der Waals surface area (Å²) >= 11 is 3.45. The smallest absolute Gasteiger partial charge is 0.228 e. The van der Waals surface area contributed by atoms with Crippen molar-refractivity contribution in [2.45, 2.75) is 31.1 Å². The zero-order chi connectivity index (χ0) is 19.8. The molecule has 1 saturated heterocycles. The molecule has 0 radical (unpaired) electrons. The third-order valence-corrected chi connectivity index (χ3v) is 6.55. The zero-order valence-electron chi connectivity index (χ0n) is 16.4. The van der Waals surface area contributed by atoms with Crippen molar-refractivity contribution < 1.29 is 9.53 Å². The maximum atomic E-state index is 12.8.